The number of halogens is 1. The molecule has 3 aliphatic rings. The van der Waals surface area contributed by atoms with E-state index >= 15 is 0 Å². The zero-order chi connectivity index (χ0) is 22.8. The maximum absolute atomic E-state index is 11.4. The van der Waals surface area contributed by atoms with Crippen molar-refractivity contribution in [1.82, 2.24) is 5.32 Å². The molecule has 1 aliphatic heterocycles. The number of allylic oxidation sites excluding steroid dienone is 2. The van der Waals surface area contributed by atoms with Gasteiger partial charge >= 0.3 is 11.9 Å². The molecule has 1 heterocycles. The normalized spacial score (nSPS) is 22.5. The van der Waals surface area contributed by atoms with Gasteiger partial charge in [-0.05, 0) is 19.3 Å². The molecule has 1 saturated carbocycles. The average molecular weight is 525 g/mol. The van der Waals surface area contributed by atoms with E-state index in [1.807, 2.05) is 0 Å². The van der Waals surface area contributed by atoms with Crippen LogP contribution in [0.25, 0.3) is 0 Å². The number of nitrogens with one attached hydrogen (secondary N) is 1. The van der Waals surface area contributed by atoms with Crippen LogP contribution in [0.1, 0.15) is 38.5 Å². The van der Waals surface area contributed by atoms with Crippen LogP contribution in [0.2, 0.25) is 0 Å². The third-order valence-electron chi connectivity index (χ3n) is 4.32. The van der Waals surface area contributed by atoms with Crippen LogP contribution >= 0.6 is 40.3 Å². The molecule has 2 unspecified atom stereocenters. The van der Waals surface area contributed by atoms with Gasteiger partial charge in [-0.1, -0.05) is 15.9 Å². The summed E-state index contributed by atoms with van der Waals surface area (Å²) in [5.74, 6) is -0.989. The van der Waals surface area contributed by atoms with E-state index in [9.17, 15) is 24.0 Å². The van der Waals surface area contributed by atoms with E-state index in [0.717, 1.165) is 29.9 Å². The predicted molar refractivity (Wildman–Crippen MR) is 119 cm³/mol. The molecule has 5 N–H and O–H groups in total. The van der Waals surface area contributed by atoms with Crippen molar-refractivity contribution < 1.29 is 34.2 Å². The van der Waals surface area contributed by atoms with Crippen molar-refractivity contribution in [3.8, 4) is 0 Å². The summed E-state index contributed by atoms with van der Waals surface area (Å²) >= 11 is 8.05. The summed E-state index contributed by atoms with van der Waals surface area (Å²) in [6, 6.07) is -1.35. The van der Waals surface area contributed by atoms with Crippen molar-refractivity contribution in [3.05, 3.63) is 10.6 Å². The molecule has 2 atom stereocenters. The van der Waals surface area contributed by atoms with Gasteiger partial charge in [0.25, 0.3) is 0 Å². The molecule has 0 spiro atoms. The van der Waals surface area contributed by atoms with E-state index in [1.54, 1.807) is 0 Å². The fraction of sp³-hybridized carbons (Fsp3) is 0.611. The number of carbonyl (C=O) groups is 5. The number of rotatable bonds is 3. The highest BCUT2D eigenvalue weighted by Gasteiger charge is 2.30. The Morgan fingerprint density at radius 1 is 1.13 bits per heavy atom. The molecule has 2 aliphatic carbocycles. The first kappa shape index (κ1) is 26.7. The highest BCUT2D eigenvalue weighted by atomic mass is 79.9. The van der Waals surface area contributed by atoms with E-state index in [2.05, 4.69) is 33.9 Å². The van der Waals surface area contributed by atoms with Crippen molar-refractivity contribution in [2.24, 2.45) is 5.73 Å². The lowest BCUT2D eigenvalue weighted by atomic mass is 9.98. The largest absolute Gasteiger partial charge is 0.480 e. The van der Waals surface area contributed by atoms with Crippen molar-refractivity contribution in [3.63, 3.8) is 0 Å². The summed E-state index contributed by atoms with van der Waals surface area (Å²) in [6.07, 6.45) is 4.09. The van der Waals surface area contributed by atoms with Gasteiger partial charge in [-0.3, -0.25) is 19.2 Å². The number of Topliss-reactive ketones (excluding diaryl/α,β-unsaturated/α-hetero) is 3. The Morgan fingerprint density at radius 2 is 1.70 bits per heavy atom. The van der Waals surface area contributed by atoms with Gasteiger partial charge in [-0.25, -0.2) is 4.79 Å². The van der Waals surface area contributed by atoms with Gasteiger partial charge in [0, 0.05) is 36.5 Å². The first-order valence-electron chi connectivity index (χ1n) is 9.25. The summed E-state index contributed by atoms with van der Waals surface area (Å²) in [6.45, 7) is 0. The number of thiol groups is 1. The van der Waals surface area contributed by atoms with E-state index in [1.165, 1.54) is 11.8 Å². The van der Waals surface area contributed by atoms with Gasteiger partial charge in [-0.15, -0.1) is 11.8 Å². The first-order valence-corrected chi connectivity index (χ1v) is 11.8. The Labute approximate surface area is 192 Å². The number of hydrogen-bond donors (Lipinski definition) is 5. The number of hydrogen-bond acceptors (Lipinski definition) is 9. The number of aliphatic carboxylic acids is 2. The van der Waals surface area contributed by atoms with Crippen molar-refractivity contribution in [1.29, 1.82) is 0 Å². The van der Waals surface area contributed by atoms with Crippen LogP contribution in [0, 0.1) is 0 Å². The number of carboxylic acid groups (broad SMARTS) is 2. The number of ketones is 3. The topological polar surface area (TPSA) is 164 Å². The molecule has 30 heavy (non-hydrogen) atoms. The van der Waals surface area contributed by atoms with Gasteiger partial charge in [0.1, 0.15) is 16.9 Å². The number of nitrogens with two attached hydrogens (primary N) is 1. The van der Waals surface area contributed by atoms with Crippen LogP contribution in [-0.4, -0.2) is 67.9 Å². The second-order valence-corrected chi connectivity index (χ2v) is 9.02. The second-order valence-electron chi connectivity index (χ2n) is 6.71. The van der Waals surface area contributed by atoms with Crippen LogP contribution in [0.15, 0.2) is 10.6 Å². The molecule has 0 saturated heterocycles. The standard InChI is InChI=1S/C9H11NO3S.C6H7BrO2.C3H7NO2S/c11-7-3-1-2-5-8(7)14-4-6(10-5)9(12)13;7-6-4(8)2-1-3-5(6)9;4-2(1-7)3(5)6/h6,10H,1-4H2,(H,12,13);6H,1-3H2;2,7H,1,4H2,(H,5,6). The zero-order valence-corrected chi connectivity index (χ0v) is 19.4. The number of carbonyl (C=O) groups excluding carboxylic acids is 3. The maximum Gasteiger partial charge on any atom is 0.326 e. The quantitative estimate of drug-likeness (QED) is 0.205. The Balaban J connectivity index is 0.000000244. The SMILES string of the molecule is NC(CS)C(=O)O.O=C1CCCC(=O)C1Br.O=C1CCCC2=C1SCC(C(=O)O)N2. The number of thioether (sulfide) groups is 1. The van der Waals surface area contributed by atoms with E-state index in [0.29, 0.717) is 25.0 Å². The maximum atomic E-state index is 11.4. The molecule has 9 nitrogen and oxygen atoms in total. The number of carboxylic acids is 2. The first-order chi connectivity index (χ1) is 14.1. The Kier molecular flexibility index (Phi) is 11.7. The van der Waals surface area contributed by atoms with Gasteiger partial charge in [0.15, 0.2) is 17.3 Å². The fourth-order valence-electron chi connectivity index (χ4n) is 2.63. The lowest BCUT2D eigenvalue weighted by Crippen LogP contribution is -2.42. The molecule has 0 aromatic heterocycles. The molecule has 0 radical (unpaired) electrons. The minimum Gasteiger partial charge on any atom is -0.480 e. The Hall–Kier alpha value is -1.37. The van der Waals surface area contributed by atoms with Crippen molar-refractivity contribution in [2.45, 2.75) is 55.4 Å². The third kappa shape index (κ3) is 8.40. The lowest BCUT2D eigenvalue weighted by molar-refractivity contribution is -0.139. The van der Waals surface area contributed by atoms with E-state index < -0.39 is 28.8 Å². The van der Waals surface area contributed by atoms with Gasteiger partial charge in [0.05, 0.1) is 4.91 Å². The monoisotopic (exact) mass is 524 g/mol. The Bertz CT molecular complexity index is 713. The van der Waals surface area contributed by atoms with E-state index in [4.69, 9.17) is 15.9 Å². The summed E-state index contributed by atoms with van der Waals surface area (Å²) < 4.78 is 0. The van der Waals surface area contributed by atoms with E-state index in [-0.39, 0.29) is 23.1 Å². The summed E-state index contributed by atoms with van der Waals surface area (Å²) in [5, 5.41) is 19.7. The molecule has 12 heteroatoms. The molecule has 1 fully saturated rings. The molecule has 0 aromatic carbocycles. The summed E-state index contributed by atoms with van der Waals surface area (Å²) in [5.41, 5.74) is 5.78. The van der Waals surface area contributed by atoms with Crippen LogP contribution in [0.5, 0.6) is 0 Å². The van der Waals surface area contributed by atoms with Crippen LogP contribution < -0.4 is 11.1 Å². The van der Waals surface area contributed by atoms with Crippen LogP contribution in [0.4, 0.5) is 0 Å². The smallest absolute Gasteiger partial charge is 0.326 e. The lowest BCUT2D eigenvalue weighted by Gasteiger charge is -2.28. The van der Waals surface area contributed by atoms with Crippen molar-refractivity contribution >= 4 is 69.6 Å². The minimum atomic E-state index is -1.00. The van der Waals surface area contributed by atoms with Crippen LogP contribution in [0.3, 0.4) is 0 Å². The van der Waals surface area contributed by atoms with Gasteiger partial charge in [0.2, 0.25) is 0 Å². The summed E-state index contributed by atoms with van der Waals surface area (Å²) in [7, 11) is 0. The summed E-state index contributed by atoms with van der Waals surface area (Å²) in [4.78, 5) is 53.7. The highest BCUT2D eigenvalue weighted by Crippen LogP contribution is 2.33. The molecule has 0 aromatic rings. The molecule has 168 valence electrons. The third-order valence-corrected chi connectivity index (χ3v) is 7.00. The highest BCUT2D eigenvalue weighted by molar-refractivity contribution is 9.10. The van der Waals surface area contributed by atoms with Crippen molar-refractivity contribution in [2.75, 3.05) is 11.5 Å². The average Bonchev–Trinajstić information content (AvgIpc) is 2.72. The fourth-order valence-corrected chi connectivity index (χ4v) is 4.40. The minimum absolute atomic E-state index is 0.0336. The molecule has 0 amide bonds. The molecular formula is C18H25BrN2O7S2. The zero-order valence-electron chi connectivity index (χ0n) is 16.1. The van der Waals surface area contributed by atoms with Crippen LogP contribution in [-0.2, 0) is 24.0 Å². The van der Waals surface area contributed by atoms with Gasteiger partial charge < -0.3 is 21.3 Å². The number of alkyl halides is 1. The molecular weight excluding hydrogens is 500 g/mol. The molecule has 3 rings (SSSR count). The van der Waals surface area contributed by atoms with Gasteiger partial charge in [-0.2, -0.15) is 12.6 Å². The predicted octanol–water partition coefficient (Wildman–Crippen LogP) is 1.14. The Morgan fingerprint density at radius 3 is 2.13 bits per heavy atom. The molecule has 0 bridgehead atoms. The second kappa shape index (κ2) is 13.1.